The van der Waals surface area contributed by atoms with E-state index in [9.17, 15) is 13.2 Å². The van der Waals surface area contributed by atoms with Crippen LogP contribution in [0.15, 0.2) is 36.4 Å². The van der Waals surface area contributed by atoms with Gasteiger partial charge >= 0.3 is 5.97 Å². The van der Waals surface area contributed by atoms with Crippen LogP contribution in [0.1, 0.15) is 40.7 Å². The molecule has 0 aliphatic heterocycles. The SMILES string of the molecule is CCc1cc(C#Cc2ccc(OCCCS(=O)(=O)O)cc2)cc(C(=O)OC)n1. The predicted octanol–water partition coefficient (Wildman–Crippen LogP) is 2.49. The van der Waals surface area contributed by atoms with Crippen LogP contribution >= 0.6 is 0 Å². The normalized spacial score (nSPS) is 10.7. The van der Waals surface area contributed by atoms with Crippen LogP contribution in [0.25, 0.3) is 0 Å². The average Bonchev–Trinajstić information content (AvgIpc) is 2.69. The lowest BCUT2D eigenvalue weighted by atomic mass is 10.1. The van der Waals surface area contributed by atoms with E-state index in [2.05, 4.69) is 16.8 Å². The molecule has 0 unspecified atom stereocenters. The third-order valence-electron chi connectivity index (χ3n) is 3.66. The Morgan fingerprint density at radius 1 is 1.14 bits per heavy atom. The number of aromatic nitrogens is 1. The van der Waals surface area contributed by atoms with Crippen LogP contribution in [0.5, 0.6) is 5.75 Å². The number of nitrogens with zero attached hydrogens (tertiary/aromatic N) is 1. The number of esters is 1. The Morgan fingerprint density at radius 3 is 2.43 bits per heavy atom. The summed E-state index contributed by atoms with van der Waals surface area (Å²) in [6.45, 7) is 2.12. The molecule has 0 radical (unpaired) electrons. The maximum Gasteiger partial charge on any atom is 0.356 e. The van der Waals surface area contributed by atoms with Crippen molar-refractivity contribution in [2.24, 2.45) is 0 Å². The molecule has 0 saturated heterocycles. The van der Waals surface area contributed by atoms with E-state index in [0.717, 1.165) is 11.3 Å². The lowest BCUT2D eigenvalue weighted by molar-refractivity contribution is 0.0593. The van der Waals surface area contributed by atoms with Gasteiger partial charge < -0.3 is 9.47 Å². The highest BCUT2D eigenvalue weighted by atomic mass is 32.2. The molecule has 8 heteroatoms. The van der Waals surface area contributed by atoms with Crippen LogP contribution in [0.4, 0.5) is 0 Å². The molecule has 1 heterocycles. The Hall–Kier alpha value is -2.89. The van der Waals surface area contributed by atoms with Gasteiger partial charge in [-0.1, -0.05) is 18.8 Å². The topological polar surface area (TPSA) is 103 Å². The fraction of sp³-hybridized carbons (Fsp3) is 0.300. The molecule has 0 atom stereocenters. The first-order valence-electron chi connectivity index (χ1n) is 8.60. The lowest BCUT2D eigenvalue weighted by Crippen LogP contribution is -2.08. The van der Waals surface area contributed by atoms with E-state index >= 15 is 0 Å². The van der Waals surface area contributed by atoms with Crippen molar-refractivity contribution in [1.82, 2.24) is 4.98 Å². The van der Waals surface area contributed by atoms with Crippen molar-refractivity contribution in [2.45, 2.75) is 19.8 Å². The number of hydrogen-bond acceptors (Lipinski definition) is 6. The van der Waals surface area contributed by atoms with E-state index in [1.54, 1.807) is 30.3 Å². The minimum atomic E-state index is -3.97. The molecule has 7 nitrogen and oxygen atoms in total. The maximum atomic E-state index is 11.7. The fourth-order valence-electron chi connectivity index (χ4n) is 2.26. The molecule has 0 aliphatic rings. The number of carbonyl (C=O) groups is 1. The summed E-state index contributed by atoms with van der Waals surface area (Å²) in [6.07, 6.45) is 0.869. The Kier molecular flexibility index (Phi) is 7.55. The first-order valence-corrected chi connectivity index (χ1v) is 10.2. The molecule has 2 rings (SSSR count). The molecule has 1 N–H and O–H groups in total. The molecule has 0 saturated carbocycles. The Morgan fingerprint density at radius 2 is 1.82 bits per heavy atom. The summed E-state index contributed by atoms with van der Waals surface area (Å²) in [5.74, 6) is 5.76. The summed E-state index contributed by atoms with van der Waals surface area (Å²) < 4.78 is 40.1. The van der Waals surface area contributed by atoms with Crippen LogP contribution in [-0.4, -0.2) is 43.4 Å². The Balaban J connectivity index is 2.05. The van der Waals surface area contributed by atoms with Gasteiger partial charge in [-0.2, -0.15) is 8.42 Å². The number of aryl methyl sites for hydroxylation is 1. The molecule has 1 aromatic heterocycles. The van der Waals surface area contributed by atoms with Gasteiger partial charge in [-0.3, -0.25) is 4.55 Å². The first-order chi connectivity index (χ1) is 13.3. The molecule has 0 spiro atoms. The second-order valence-electron chi connectivity index (χ2n) is 5.84. The van der Waals surface area contributed by atoms with Crippen molar-refractivity contribution in [2.75, 3.05) is 19.5 Å². The average molecular weight is 403 g/mol. The molecule has 1 aromatic carbocycles. The van der Waals surface area contributed by atoms with Crippen molar-refractivity contribution in [1.29, 1.82) is 0 Å². The standard InChI is InChI=1S/C20H21NO6S/c1-3-17-13-16(14-19(21-17)20(22)26-2)6-5-15-7-9-18(10-8-15)27-11-4-12-28(23,24)25/h7-10,13-14H,3-4,11-12H2,1-2H3,(H,23,24,25). The van der Waals surface area contributed by atoms with E-state index in [1.165, 1.54) is 7.11 Å². The Labute approximate surface area is 164 Å². The number of pyridine rings is 1. The van der Waals surface area contributed by atoms with Crippen molar-refractivity contribution < 1.29 is 27.2 Å². The Bertz CT molecular complexity index is 988. The predicted molar refractivity (Wildman–Crippen MR) is 104 cm³/mol. The van der Waals surface area contributed by atoms with Gasteiger partial charge in [-0.25, -0.2) is 9.78 Å². The zero-order valence-corrected chi connectivity index (χ0v) is 16.5. The molecule has 148 valence electrons. The molecule has 0 fully saturated rings. The highest BCUT2D eigenvalue weighted by Gasteiger charge is 2.09. The molecule has 0 amide bonds. The highest BCUT2D eigenvalue weighted by molar-refractivity contribution is 7.85. The van der Waals surface area contributed by atoms with Gasteiger partial charge in [0.05, 0.1) is 19.5 Å². The monoisotopic (exact) mass is 403 g/mol. The van der Waals surface area contributed by atoms with E-state index in [0.29, 0.717) is 17.7 Å². The van der Waals surface area contributed by atoms with Crippen LogP contribution in [0.2, 0.25) is 0 Å². The van der Waals surface area contributed by atoms with Gasteiger partial charge in [0.2, 0.25) is 0 Å². The number of carbonyl (C=O) groups excluding carboxylic acids is 1. The van der Waals surface area contributed by atoms with Gasteiger partial charge in [-0.05, 0) is 49.2 Å². The van der Waals surface area contributed by atoms with Crippen molar-refractivity contribution >= 4 is 16.1 Å². The lowest BCUT2D eigenvalue weighted by Gasteiger charge is -2.05. The molecule has 0 bridgehead atoms. The molecular weight excluding hydrogens is 382 g/mol. The van der Waals surface area contributed by atoms with Gasteiger partial charge in [-0.15, -0.1) is 0 Å². The molecule has 0 aliphatic carbocycles. The molecule has 2 aromatic rings. The number of hydrogen-bond donors (Lipinski definition) is 1. The van der Waals surface area contributed by atoms with E-state index < -0.39 is 16.1 Å². The maximum absolute atomic E-state index is 11.7. The summed E-state index contributed by atoms with van der Waals surface area (Å²) in [5.41, 5.74) is 2.39. The smallest absolute Gasteiger partial charge is 0.356 e. The summed E-state index contributed by atoms with van der Waals surface area (Å²) in [6, 6.07) is 10.4. The fourth-order valence-corrected chi connectivity index (χ4v) is 2.74. The van der Waals surface area contributed by atoms with Crippen LogP contribution < -0.4 is 4.74 Å². The minimum absolute atomic E-state index is 0.179. The summed E-state index contributed by atoms with van der Waals surface area (Å²) in [5, 5.41) is 0. The second kappa shape index (κ2) is 9.88. The highest BCUT2D eigenvalue weighted by Crippen LogP contribution is 2.13. The van der Waals surface area contributed by atoms with E-state index in [1.807, 2.05) is 13.0 Å². The first kappa shape index (κ1) is 21.4. The minimum Gasteiger partial charge on any atom is -0.494 e. The van der Waals surface area contributed by atoms with Gasteiger partial charge in [0.25, 0.3) is 10.1 Å². The third-order valence-corrected chi connectivity index (χ3v) is 4.46. The summed E-state index contributed by atoms with van der Waals surface area (Å²) in [4.78, 5) is 15.9. The summed E-state index contributed by atoms with van der Waals surface area (Å²) in [7, 11) is -2.66. The van der Waals surface area contributed by atoms with E-state index in [-0.39, 0.29) is 24.5 Å². The van der Waals surface area contributed by atoms with Crippen LogP contribution in [0.3, 0.4) is 0 Å². The van der Waals surface area contributed by atoms with Gasteiger partial charge in [0, 0.05) is 16.8 Å². The molecule has 28 heavy (non-hydrogen) atoms. The number of methoxy groups -OCH3 is 1. The number of ether oxygens (including phenoxy) is 2. The number of rotatable bonds is 7. The number of benzene rings is 1. The van der Waals surface area contributed by atoms with Crippen molar-refractivity contribution in [3.63, 3.8) is 0 Å². The third kappa shape index (κ3) is 7.02. The quantitative estimate of drug-likeness (QED) is 0.328. The zero-order chi connectivity index (χ0) is 20.6. The van der Waals surface area contributed by atoms with Crippen LogP contribution in [-0.2, 0) is 21.3 Å². The zero-order valence-electron chi connectivity index (χ0n) is 15.6. The summed E-state index contributed by atoms with van der Waals surface area (Å²) >= 11 is 0. The van der Waals surface area contributed by atoms with Crippen molar-refractivity contribution in [3.05, 3.63) is 58.9 Å². The largest absolute Gasteiger partial charge is 0.494 e. The molecular formula is C20H21NO6S. The van der Waals surface area contributed by atoms with Crippen molar-refractivity contribution in [3.8, 4) is 17.6 Å². The second-order valence-corrected chi connectivity index (χ2v) is 7.41. The van der Waals surface area contributed by atoms with Crippen LogP contribution in [0, 0.1) is 11.8 Å². The van der Waals surface area contributed by atoms with Gasteiger partial charge in [0.15, 0.2) is 0 Å². The van der Waals surface area contributed by atoms with Gasteiger partial charge in [0.1, 0.15) is 11.4 Å². The van der Waals surface area contributed by atoms with E-state index in [4.69, 9.17) is 14.0 Å².